The number of halogens is 1. The fourth-order valence-electron chi connectivity index (χ4n) is 2.48. The second kappa shape index (κ2) is 8.09. The van der Waals surface area contributed by atoms with Crippen molar-refractivity contribution in [2.45, 2.75) is 45.6 Å². The van der Waals surface area contributed by atoms with E-state index in [1.165, 1.54) is 12.1 Å². The SMILES string of the molecule is CC(C)CC(=O)Nc1ccc(C(=O)NC(CC2CC2)C(=O)O)cc1F. The molecule has 1 aromatic rings. The number of nitrogens with one attached hydrogen (secondary N) is 2. The summed E-state index contributed by atoms with van der Waals surface area (Å²) in [7, 11) is 0. The maximum atomic E-state index is 14.1. The van der Waals surface area contributed by atoms with Crippen LogP contribution < -0.4 is 10.6 Å². The van der Waals surface area contributed by atoms with Gasteiger partial charge in [-0.3, -0.25) is 9.59 Å². The van der Waals surface area contributed by atoms with Crippen LogP contribution in [-0.4, -0.2) is 28.9 Å². The first-order valence-electron chi connectivity index (χ1n) is 8.39. The largest absolute Gasteiger partial charge is 0.480 e. The lowest BCUT2D eigenvalue weighted by atomic mass is 10.1. The van der Waals surface area contributed by atoms with Gasteiger partial charge in [0.15, 0.2) is 0 Å². The first-order valence-corrected chi connectivity index (χ1v) is 8.39. The van der Waals surface area contributed by atoms with Crippen LogP contribution in [-0.2, 0) is 9.59 Å². The van der Waals surface area contributed by atoms with E-state index in [1.807, 2.05) is 13.8 Å². The summed E-state index contributed by atoms with van der Waals surface area (Å²) in [5, 5.41) is 14.1. The van der Waals surface area contributed by atoms with E-state index in [0.29, 0.717) is 12.3 Å². The second-order valence-electron chi connectivity index (χ2n) is 6.88. The third-order valence-corrected chi connectivity index (χ3v) is 3.97. The van der Waals surface area contributed by atoms with Crippen molar-refractivity contribution in [3.63, 3.8) is 0 Å². The van der Waals surface area contributed by atoms with Crippen molar-refractivity contribution in [2.24, 2.45) is 11.8 Å². The summed E-state index contributed by atoms with van der Waals surface area (Å²) in [4.78, 5) is 35.1. The van der Waals surface area contributed by atoms with Gasteiger partial charge >= 0.3 is 5.97 Å². The van der Waals surface area contributed by atoms with E-state index in [-0.39, 0.29) is 29.5 Å². The first-order chi connectivity index (χ1) is 11.8. The highest BCUT2D eigenvalue weighted by atomic mass is 19.1. The van der Waals surface area contributed by atoms with Crippen molar-refractivity contribution in [1.29, 1.82) is 0 Å². The van der Waals surface area contributed by atoms with Crippen molar-refractivity contribution in [1.82, 2.24) is 5.32 Å². The Kier molecular flexibility index (Phi) is 6.12. The molecule has 0 bridgehead atoms. The highest BCUT2D eigenvalue weighted by Gasteiger charge is 2.30. The van der Waals surface area contributed by atoms with Crippen LogP contribution in [0.25, 0.3) is 0 Å². The number of amides is 2. The van der Waals surface area contributed by atoms with Crippen LogP contribution in [0.3, 0.4) is 0 Å². The Morgan fingerprint density at radius 3 is 2.48 bits per heavy atom. The molecular weight excluding hydrogens is 327 g/mol. The molecule has 1 unspecified atom stereocenters. The van der Waals surface area contributed by atoms with Crippen molar-refractivity contribution < 1.29 is 23.9 Å². The minimum atomic E-state index is -1.10. The average Bonchev–Trinajstić information content (AvgIpc) is 3.31. The summed E-state index contributed by atoms with van der Waals surface area (Å²) in [5.41, 5.74) is 0.0105. The second-order valence-corrected chi connectivity index (χ2v) is 6.88. The molecule has 2 rings (SSSR count). The molecule has 1 atom stereocenters. The van der Waals surface area contributed by atoms with Crippen LogP contribution in [0.15, 0.2) is 18.2 Å². The Labute approximate surface area is 145 Å². The van der Waals surface area contributed by atoms with Gasteiger partial charge in [0.2, 0.25) is 5.91 Å². The molecule has 1 aliphatic carbocycles. The molecule has 1 aromatic carbocycles. The molecule has 136 valence electrons. The van der Waals surface area contributed by atoms with Crippen molar-refractivity contribution in [2.75, 3.05) is 5.32 Å². The molecule has 0 saturated heterocycles. The maximum Gasteiger partial charge on any atom is 0.326 e. The van der Waals surface area contributed by atoms with Crippen LogP contribution in [0.4, 0.5) is 10.1 Å². The normalized spacial score (nSPS) is 14.9. The molecule has 0 radical (unpaired) electrons. The van der Waals surface area contributed by atoms with Gasteiger partial charge in [0, 0.05) is 12.0 Å². The predicted molar refractivity (Wildman–Crippen MR) is 90.7 cm³/mol. The molecule has 0 heterocycles. The minimum Gasteiger partial charge on any atom is -0.480 e. The number of benzene rings is 1. The predicted octanol–water partition coefficient (Wildman–Crippen LogP) is 2.79. The molecule has 1 aliphatic rings. The molecular formula is C18H23FN2O4. The summed E-state index contributed by atoms with van der Waals surface area (Å²) in [6.07, 6.45) is 2.59. The molecule has 6 nitrogen and oxygen atoms in total. The van der Waals surface area contributed by atoms with Gasteiger partial charge in [-0.15, -0.1) is 0 Å². The quantitative estimate of drug-likeness (QED) is 0.672. The molecule has 0 spiro atoms. The lowest BCUT2D eigenvalue weighted by Gasteiger charge is -2.14. The van der Waals surface area contributed by atoms with Gasteiger partial charge in [0.25, 0.3) is 5.91 Å². The van der Waals surface area contributed by atoms with Gasteiger partial charge in [-0.2, -0.15) is 0 Å². The standard InChI is InChI=1S/C18H23FN2O4/c1-10(2)7-16(22)20-14-6-5-12(9-13(14)19)17(23)21-15(18(24)25)8-11-3-4-11/h5-6,9-11,15H,3-4,7-8H2,1-2H3,(H,20,22)(H,21,23)(H,24,25). The minimum absolute atomic E-state index is 0.00466. The van der Waals surface area contributed by atoms with Crippen molar-refractivity contribution in [3.8, 4) is 0 Å². The van der Waals surface area contributed by atoms with E-state index in [2.05, 4.69) is 10.6 Å². The number of carboxylic acids is 1. The van der Waals surface area contributed by atoms with Crippen LogP contribution in [0.2, 0.25) is 0 Å². The molecule has 1 saturated carbocycles. The summed E-state index contributed by atoms with van der Waals surface area (Å²) in [6, 6.07) is 2.68. The summed E-state index contributed by atoms with van der Waals surface area (Å²) in [5.74, 6) is -2.31. The maximum absolute atomic E-state index is 14.1. The van der Waals surface area contributed by atoms with Gasteiger partial charge in [-0.1, -0.05) is 26.7 Å². The molecule has 0 aromatic heterocycles. The molecule has 0 aliphatic heterocycles. The third-order valence-electron chi connectivity index (χ3n) is 3.97. The van der Waals surface area contributed by atoms with Gasteiger partial charge in [-0.05, 0) is 36.5 Å². The summed E-state index contributed by atoms with van der Waals surface area (Å²) in [6.45, 7) is 3.76. The average molecular weight is 350 g/mol. The topological polar surface area (TPSA) is 95.5 Å². The summed E-state index contributed by atoms with van der Waals surface area (Å²) >= 11 is 0. The van der Waals surface area contributed by atoms with Crippen LogP contribution in [0, 0.1) is 17.7 Å². The Balaban J connectivity index is 2.01. The van der Waals surface area contributed by atoms with Crippen LogP contribution in [0.5, 0.6) is 0 Å². The zero-order valence-electron chi connectivity index (χ0n) is 14.3. The van der Waals surface area contributed by atoms with E-state index in [9.17, 15) is 23.9 Å². The molecule has 25 heavy (non-hydrogen) atoms. The Morgan fingerprint density at radius 2 is 1.96 bits per heavy atom. The zero-order valence-corrected chi connectivity index (χ0v) is 14.3. The molecule has 3 N–H and O–H groups in total. The van der Waals surface area contributed by atoms with Gasteiger partial charge in [0.1, 0.15) is 11.9 Å². The zero-order chi connectivity index (χ0) is 18.6. The number of hydrogen-bond acceptors (Lipinski definition) is 3. The Bertz CT molecular complexity index is 671. The highest BCUT2D eigenvalue weighted by molar-refractivity contribution is 5.97. The van der Waals surface area contributed by atoms with E-state index in [4.69, 9.17) is 0 Å². The Hall–Kier alpha value is -2.44. The third kappa shape index (κ3) is 5.85. The van der Waals surface area contributed by atoms with E-state index in [1.54, 1.807) is 0 Å². The number of carbonyl (C=O) groups is 3. The number of carboxylic acid groups (broad SMARTS) is 1. The fraction of sp³-hybridized carbons (Fsp3) is 0.500. The summed E-state index contributed by atoms with van der Waals surface area (Å²) < 4.78 is 14.1. The van der Waals surface area contributed by atoms with Crippen molar-refractivity contribution in [3.05, 3.63) is 29.6 Å². The lowest BCUT2D eigenvalue weighted by molar-refractivity contribution is -0.139. The van der Waals surface area contributed by atoms with Crippen molar-refractivity contribution >= 4 is 23.5 Å². The van der Waals surface area contributed by atoms with Crippen LogP contribution in [0.1, 0.15) is 49.9 Å². The number of hydrogen-bond donors (Lipinski definition) is 3. The number of anilines is 1. The van der Waals surface area contributed by atoms with Gasteiger partial charge in [0.05, 0.1) is 5.69 Å². The smallest absolute Gasteiger partial charge is 0.326 e. The first kappa shape index (κ1) is 18.9. The number of carbonyl (C=O) groups excluding carboxylic acids is 2. The molecule has 1 fully saturated rings. The monoisotopic (exact) mass is 350 g/mol. The molecule has 2 amide bonds. The van der Waals surface area contributed by atoms with Gasteiger partial charge < -0.3 is 15.7 Å². The number of rotatable bonds is 8. The fourth-order valence-corrected chi connectivity index (χ4v) is 2.48. The van der Waals surface area contributed by atoms with E-state index in [0.717, 1.165) is 18.9 Å². The van der Waals surface area contributed by atoms with Gasteiger partial charge in [-0.25, -0.2) is 9.18 Å². The van der Waals surface area contributed by atoms with E-state index >= 15 is 0 Å². The lowest BCUT2D eigenvalue weighted by Crippen LogP contribution is -2.41. The molecule has 7 heteroatoms. The number of aliphatic carboxylic acids is 1. The highest BCUT2D eigenvalue weighted by Crippen LogP contribution is 2.33. The van der Waals surface area contributed by atoms with E-state index < -0.39 is 23.7 Å². The van der Waals surface area contributed by atoms with Crippen LogP contribution >= 0.6 is 0 Å². The Morgan fingerprint density at radius 1 is 1.28 bits per heavy atom.